The van der Waals surface area contributed by atoms with Crippen LogP contribution < -0.4 is 10.5 Å². The Labute approximate surface area is 136 Å². The smallest absolute Gasteiger partial charge is 0.126 e. The van der Waals surface area contributed by atoms with E-state index < -0.39 is 0 Å². The number of nitrogens with two attached hydrogens (primary N) is 1. The molecule has 0 bridgehead atoms. The molecular weight excluding hydrogens is 286 g/mol. The largest absolute Gasteiger partial charge is 0.492 e. The number of ether oxygens (including phenoxy) is 1. The SMILES string of the molecule is CCC(N)c1nc2ccccc2n1CCOc1cccc(C)c1. The van der Waals surface area contributed by atoms with Crippen LogP contribution in [0.3, 0.4) is 0 Å². The van der Waals surface area contributed by atoms with E-state index in [-0.39, 0.29) is 6.04 Å². The van der Waals surface area contributed by atoms with Gasteiger partial charge in [-0.25, -0.2) is 4.98 Å². The quantitative estimate of drug-likeness (QED) is 0.753. The Kier molecular flexibility index (Phi) is 4.63. The number of para-hydroxylation sites is 2. The number of rotatable bonds is 6. The van der Waals surface area contributed by atoms with Crippen LogP contribution in [-0.2, 0) is 6.54 Å². The molecular formula is C19H23N3O. The second kappa shape index (κ2) is 6.84. The maximum atomic E-state index is 6.24. The van der Waals surface area contributed by atoms with Crippen LogP contribution in [0.4, 0.5) is 0 Å². The lowest BCUT2D eigenvalue weighted by atomic mass is 10.2. The molecule has 2 N–H and O–H groups in total. The van der Waals surface area contributed by atoms with Gasteiger partial charge in [-0.15, -0.1) is 0 Å². The van der Waals surface area contributed by atoms with Crippen molar-refractivity contribution in [3.05, 3.63) is 59.9 Å². The summed E-state index contributed by atoms with van der Waals surface area (Å²) < 4.78 is 8.07. The maximum Gasteiger partial charge on any atom is 0.126 e. The molecule has 3 rings (SSSR count). The van der Waals surface area contributed by atoms with Crippen LogP contribution in [0.2, 0.25) is 0 Å². The fraction of sp³-hybridized carbons (Fsp3) is 0.316. The molecule has 0 amide bonds. The maximum absolute atomic E-state index is 6.24. The molecule has 0 aliphatic heterocycles. The van der Waals surface area contributed by atoms with E-state index in [4.69, 9.17) is 15.5 Å². The van der Waals surface area contributed by atoms with E-state index in [1.54, 1.807) is 0 Å². The fourth-order valence-electron chi connectivity index (χ4n) is 2.75. The number of imidazole rings is 1. The van der Waals surface area contributed by atoms with Gasteiger partial charge < -0.3 is 15.0 Å². The van der Waals surface area contributed by atoms with Gasteiger partial charge in [0.15, 0.2) is 0 Å². The zero-order valence-electron chi connectivity index (χ0n) is 13.7. The van der Waals surface area contributed by atoms with Crippen LogP contribution in [0.1, 0.15) is 30.8 Å². The summed E-state index contributed by atoms with van der Waals surface area (Å²) in [7, 11) is 0. The number of aromatic nitrogens is 2. The Hall–Kier alpha value is -2.33. The molecule has 0 spiro atoms. The minimum atomic E-state index is -0.0543. The summed E-state index contributed by atoms with van der Waals surface area (Å²) in [4.78, 5) is 4.71. The van der Waals surface area contributed by atoms with Crippen molar-refractivity contribution in [3.8, 4) is 5.75 Å². The van der Waals surface area contributed by atoms with Gasteiger partial charge in [-0.1, -0.05) is 31.2 Å². The van der Waals surface area contributed by atoms with E-state index in [2.05, 4.69) is 30.5 Å². The molecule has 0 fully saturated rings. The van der Waals surface area contributed by atoms with E-state index in [1.807, 2.05) is 36.4 Å². The number of nitrogens with zero attached hydrogens (tertiary/aromatic N) is 2. The Balaban J connectivity index is 1.81. The summed E-state index contributed by atoms with van der Waals surface area (Å²) in [5.41, 5.74) is 9.53. The summed E-state index contributed by atoms with van der Waals surface area (Å²) >= 11 is 0. The highest BCUT2D eigenvalue weighted by atomic mass is 16.5. The van der Waals surface area contributed by atoms with Gasteiger partial charge in [0.05, 0.1) is 23.6 Å². The first-order valence-corrected chi connectivity index (χ1v) is 8.09. The third-order valence-electron chi connectivity index (χ3n) is 4.03. The summed E-state index contributed by atoms with van der Waals surface area (Å²) in [6.45, 7) is 5.47. The average molecular weight is 309 g/mol. The molecule has 0 saturated carbocycles. The van der Waals surface area contributed by atoms with Crippen molar-refractivity contribution < 1.29 is 4.74 Å². The number of hydrogen-bond acceptors (Lipinski definition) is 3. The van der Waals surface area contributed by atoms with Crippen LogP contribution in [0.15, 0.2) is 48.5 Å². The first-order chi connectivity index (χ1) is 11.2. The van der Waals surface area contributed by atoms with Crippen molar-refractivity contribution in [1.29, 1.82) is 0 Å². The minimum absolute atomic E-state index is 0.0543. The molecule has 1 heterocycles. The Bertz CT molecular complexity index is 794. The Morgan fingerprint density at radius 1 is 1.17 bits per heavy atom. The molecule has 3 aromatic rings. The zero-order valence-corrected chi connectivity index (χ0v) is 13.7. The molecule has 0 aliphatic rings. The van der Waals surface area contributed by atoms with Crippen molar-refractivity contribution in [2.45, 2.75) is 32.9 Å². The standard InChI is InChI=1S/C19H23N3O/c1-3-16(20)19-21-17-9-4-5-10-18(17)22(19)11-12-23-15-8-6-7-14(2)13-15/h4-10,13,16H,3,11-12,20H2,1-2H3. The van der Waals surface area contributed by atoms with Crippen LogP contribution in [0.5, 0.6) is 5.75 Å². The van der Waals surface area contributed by atoms with E-state index in [1.165, 1.54) is 5.56 Å². The molecule has 1 unspecified atom stereocenters. The van der Waals surface area contributed by atoms with E-state index in [0.717, 1.165) is 35.6 Å². The summed E-state index contributed by atoms with van der Waals surface area (Å²) in [6.07, 6.45) is 0.863. The zero-order chi connectivity index (χ0) is 16.2. The number of hydrogen-bond donors (Lipinski definition) is 1. The van der Waals surface area contributed by atoms with Crippen LogP contribution >= 0.6 is 0 Å². The molecule has 4 nitrogen and oxygen atoms in total. The van der Waals surface area contributed by atoms with Gasteiger partial charge in [0.25, 0.3) is 0 Å². The molecule has 1 aromatic heterocycles. The normalized spacial score (nSPS) is 12.5. The minimum Gasteiger partial charge on any atom is -0.492 e. The van der Waals surface area contributed by atoms with Crippen molar-refractivity contribution in [1.82, 2.24) is 9.55 Å². The highest BCUT2D eigenvalue weighted by Gasteiger charge is 2.15. The molecule has 2 aromatic carbocycles. The van der Waals surface area contributed by atoms with E-state index in [0.29, 0.717) is 6.61 Å². The van der Waals surface area contributed by atoms with Crippen molar-refractivity contribution in [3.63, 3.8) is 0 Å². The predicted molar refractivity (Wildman–Crippen MR) is 93.6 cm³/mol. The van der Waals surface area contributed by atoms with Crippen LogP contribution in [0, 0.1) is 6.92 Å². The van der Waals surface area contributed by atoms with Gasteiger partial charge in [-0.3, -0.25) is 0 Å². The van der Waals surface area contributed by atoms with Crippen molar-refractivity contribution in [2.75, 3.05) is 6.61 Å². The third kappa shape index (κ3) is 3.37. The van der Waals surface area contributed by atoms with Crippen molar-refractivity contribution in [2.24, 2.45) is 5.73 Å². The topological polar surface area (TPSA) is 53.1 Å². The van der Waals surface area contributed by atoms with Gasteiger partial charge in [0, 0.05) is 0 Å². The van der Waals surface area contributed by atoms with E-state index >= 15 is 0 Å². The fourth-order valence-corrected chi connectivity index (χ4v) is 2.75. The lowest BCUT2D eigenvalue weighted by molar-refractivity contribution is 0.296. The predicted octanol–water partition coefficient (Wildman–Crippen LogP) is 3.83. The Morgan fingerprint density at radius 2 is 2.00 bits per heavy atom. The van der Waals surface area contributed by atoms with Gasteiger partial charge in [0.2, 0.25) is 0 Å². The summed E-state index contributed by atoms with van der Waals surface area (Å²) in [6, 6.07) is 16.2. The Morgan fingerprint density at radius 3 is 2.78 bits per heavy atom. The lowest BCUT2D eigenvalue weighted by Gasteiger charge is -2.14. The first kappa shape index (κ1) is 15.6. The average Bonchev–Trinajstić information content (AvgIpc) is 2.93. The second-order valence-electron chi connectivity index (χ2n) is 5.79. The van der Waals surface area contributed by atoms with Gasteiger partial charge >= 0.3 is 0 Å². The lowest BCUT2D eigenvalue weighted by Crippen LogP contribution is -2.18. The van der Waals surface area contributed by atoms with Gasteiger partial charge in [-0.2, -0.15) is 0 Å². The molecule has 0 radical (unpaired) electrons. The molecule has 4 heteroatoms. The van der Waals surface area contributed by atoms with Crippen LogP contribution in [0.25, 0.3) is 11.0 Å². The van der Waals surface area contributed by atoms with Crippen molar-refractivity contribution >= 4 is 11.0 Å². The number of aryl methyl sites for hydroxylation is 1. The number of benzene rings is 2. The van der Waals surface area contributed by atoms with E-state index in [9.17, 15) is 0 Å². The summed E-state index contributed by atoms with van der Waals surface area (Å²) in [5.74, 6) is 1.83. The highest BCUT2D eigenvalue weighted by Crippen LogP contribution is 2.21. The monoisotopic (exact) mass is 309 g/mol. The van der Waals surface area contributed by atoms with Crippen LogP contribution in [-0.4, -0.2) is 16.2 Å². The highest BCUT2D eigenvalue weighted by molar-refractivity contribution is 5.76. The molecule has 0 aliphatic carbocycles. The van der Waals surface area contributed by atoms with Gasteiger partial charge in [-0.05, 0) is 43.2 Å². The third-order valence-corrected chi connectivity index (χ3v) is 4.03. The first-order valence-electron chi connectivity index (χ1n) is 8.09. The number of fused-ring (bicyclic) bond motifs is 1. The van der Waals surface area contributed by atoms with Gasteiger partial charge in [0.1, 0.15) is 18.2 Å². The second-order valence-corrected chi connectivity index (χ2v) is 5.79. The molecule has 1 atom stereocenters. The molecule has 23 heavy (non-hydrogen) atoms. The molecule has 120 valence electrons. The summed E-state index contributed by atoms with van der Waals surface area (Å²) in [5, 5.41) is 0. The molecule has 0 saturated heterocycles.